The first-order chi connectivity index (χ1) is 11.1. The Balaban J connectivity index is 1.67. The fourth-order valence-corrected chi connectivity index (χ4v) is 2.35. The van der Waals surface area contributed by atoms with E-state index in [9.17, 15) is 4.79 Å². The maximum atomic E-state index is 12.0. The van der Waals surface area contributed by atoms with Crippen LogP contribution in [0, 0.1) is 0 Å². The minimum atomic E-state index is -0.402. The van der Waals surface area contributed by atoms with E-state index in [1.54, 1.807) is 41.2 Å². The Hall–Kier alpha value is -2.50. The van der Waals surface area contributed by atoms with Gasteiger partial charge in [0.25, 0.3) is 0 Å². The second-order valence-electron chi connectivity index (χ2n) is 4.68. The summed E-state index contributed by atoms with van der Waals surface area (Å²) >= 11 is 11.9. The molecular formula is C16H12Cl2N4O. The molecule has 0 unspecified atom stereocenters. The van der Waals surface area contributed by atoms with Crippen LogP contribution in [0.25, 0.3) is 5.69 Å². The molecule has 0 aliphatic carbocycles. The van der Waals surface area contributed by atoms with Crippen molar-refractivity contribution in [2.24, 2.45) is 0 Å². The van der Waals surface area contributed by atoms with Crippen LogP contribution >= 0.6 is 23.2 Å². The number of benzene rings is 2. The van der Waals surface area contributed by atoms with E-state index in [1.165, 1.54) is 0 Å². The summed E-state index contributed by atoms with van der Waals surface area (Å²) in [5, 5.41) is 10.2. The summed E-state index contributed by atoms with van der Waals surface area (Å²) in [6.45, 7) is 0. The van der Waals surface area contributed by atoms with Crippen molar-refractivity contribution in [3.63, 3.8) is 0 Å². The van der Waals surface area contributed by atoms with E-state index in [1.807, 2.05) is 24.4 Å². The number of hydrogen-bond donors (Lipinski definition) is 2. The third kappa shape index (κ3) is 3.64. The number of amides is 2. The molecule has 3 rings (SSSR count). The number of aromatic nitrogens is 2. The minimum absolute atomic E-state index is 0.304. The van der Waals surface area contributed by atoms with Gasteiger partial charge in [0.2, 0.25) is 0 Å². The lowest BCUT2D eigenvalue weighted by Crippen LogP contribution is -2.19. The third-order valence-electron chi connectivity index (χ3n) is 3.09. The molecule has 7 heteroatoms. The van der Waals surface area contributed by atoms with Crippen molar-refractivity contribution in [2.45, 2.75) is 0 Å². The van der Waals surface area contributed by atoms with Crippen LogP contribution in [0.2, 0.25) is 10.0 Å². The lowest BCUT2D eigenvalue weighted by atomic mass is 10.3. The number of anilines is 2. The van der Waals surface area contributed by atoms with Gasteiger partial charge in [0.1, 0.15) is 0 Å². The van der Waals surface area contributed by atoms with Crippen LogP contribution < -0.4 is 10.6 Å². The lowest BCUT2D eigenvalue weighted by molar-refractivity contribution is 0.262. The molecule has 116 valence electrons. The Morgan fingerprint density at radius 2 is 1.78 bits per heavy atom. The summed E-state index contributed by atoms with van der Waals surface area (Å²) < 4.78 is 1.73. The van der Waals surface area contributed by atoms with Crippen LogP contribution in [0.4, 0.5) is 16.2 Å². The van der Waals surface area contributed by atoms with Crippen molar-refractivity contribution < 1.29 is 4.79 Å². The summed E-state index contributed by atoms with van der Waals surface area (Å²) in [7, 11) is 0. The molecule has 0 aliphatic heterocycles. The molecule has 5 nitrogen and oxygen atoms in total. The minimum Gasteiger partial charge on any atom is -0.308 e. The van der Waals surface area contributed by atoms with Crippen LogP contribution in [0.1, 0.15) is 0 Å². The predicted molar refractivity (Wildman–Crippen MR) is 92.7 cm³/mol. The van der Waals surface area contributed by atoms with Gasteiger partial charge in [0.15, 0.2) is 0 Å². The summed E-state index contributed by atoms with van der Waals surface area (Å²) in [4.78, 5) is 12.0. The second kappa shape index (κ2) is 6.73. The molecule has 2 N–H and O–H groups in total. The number of urea groups is 1. The van der Waals surface area contributed by atoms with Gasteiger partial charge in [-0.15, -0.1) is 0 Å². The van der Waals surface area contributed by atoms with Crippen LogP contribution in [0.3, 0.4) is 0 Å². The molecule has 0 saturated carbocycles. The number of rotatable bonds is 3. The highest BCUT2D eigenvalue weighted by Crippen LogP contribution is 2.29. The Morgan fingerprint density at radius 3 is 2.48 bits per heavy atom. The average molecular weight is 347 g/mol. The van der Waals surface area contributed by atoms with E-state index < -0.39 is 6.03 Å². The van der Waals surface area contributed by atoms with Crippen LogP contribution in [0.15, 0.2) is 60.9 Å². The molecular weight excluding hydrogens is 335 g/mol. The molecule has 1 heterocycles. The smallest absolute Gasteiger partial charge is 0.308 e. The summed E-state index contributed by atoms with van der Waals surface area (Å²) in [5.74, 6) is 0. The van der Waals surface area contributed by atoms with Gasteiger partial charge in [-0.05, 0) is 42.5 Å². The zero-order chi connectivity index (χ0) is 16.2. The Labute approximate surface area is 142 Å². The first-order valence-corrected chi connectivity index (χ1v) is 7.51. The van der Waals surface area contributed by atoms with E-state index in [-0.39, 0.29) is 0 Å². The highest BCUT2D eigenvalue weighted by molar-refractivity contribution is 6.44. The quantitative estimate of drug-likeness (QED) is 0.713. The maximum absolute atomic E-state index is 12.0. The first-order valence-electron chi connectivity index (χ1n) is 6.75. The van der Waals surface area contributed by atoms with Gasteiger partial charge in [-0.3, -0.25) is 0 Å². The number of hydrogen-bond acceptors (Lipinski definition) is 2. The molecule has 2 aromatic carbocycles. The highest BCUT2D eigenvalue weighted by Gasteiger charge is 2.08. The van der Waals surface area contributed by atoms with E-state index in [2.05, 4.69) is 15.7 Å². The summed E-state index contributed by atoms with van der Waals surface area (Å²) in [6.07, 6.45) is 3.55. The molecule has 1 aromatic heterocycles. The molecule has 0 fully saturated rings. The molecule has 0 saturated heterocycles. The van der Waals surface area contributed by atoms with Crippen molar-refractivity contribution in [2.75, 3.05) is 10.6 Å². The maximum Gasteiger partial charge on any atom is 0.323 e. The zero-order valence-electron chi connectivity index (χ0n) is 11.8. The molecule has 0 radical (unpaired) electrons. The van der Waals surface area contributed by atoms with Gasteiger partial charge in [0.05, 0.1) is 21.4 Å². The van der Waals surface area contributed by atoms with E-state index in [0.29, 0.717) is 21.4 Å². The van der Waals surface area contributed by atoms with E-state index in [0.717, 1.165) is 5.69 Å². The molecule has 0 spiro atoms. The third-order valence-corrected chi connectivity index (χ3v) is 3.91. The number of nitrogens with zero attached hydrogens (tertiary/aromatic N) is 2. The Morgan fingerprint density at radius 1 is 1.00 bits per heavy atom. The van der Waals surface area contributed by atoms with Gasteiger partial charge in [-0.1, -0.05) is 29.3 Å². The van der Waals surface area contributed by atoms with Gasteiger partial charge in [0, 0.05) is 18.1 Å². The standard InChI is InChI=1S/C16H12Cl2N4O/c17-13-3-1-4-14(15(13)18)21-16(23)20-11-5-7-12(8-6-11)22-10-2-9-19-22/h1-10H,(H2,20,21,23). The zero-order valence-corrected chi connectivity index (χ0v) is 13.3. The monoisotopic (exact) mass is 346 g/mol. The predicted octanol–water partition coefficient (Wildman–Crippen LogP) is 4.82. The number of halogens is 2. The van der Waals surface area contributed by atoms with E-state index in [4.69, 9.17) is 23.2 Å². The highest BCUT2D eigenvalue weighted by atomic mass is 35.5. The van der Waals surface area contributed by atoms with Gasteiger partial charge in [-0.2, -0.15) is 5.10 Å². The molecule has 3 aromatic rings. The molecule has 0 bridgehead atoms. The van der Waals surface area contributed by atoms with E-state index >= 15 is 0 Å². The molecule has 0 atom stereocenters. The number of carbonyl (C=O) groups excluding carboxylic acids is 1. The second-order valence-corrected chi connectivity index (χ2v) is 5.46. The van der Waals surface area contributed by atoms with Gasteiger partial charge < -0.3 is 10.6 Å². The van der Waals surface area contributed by atoms with Crippen LogP contribution in [-0.4, -0.2) is 15.8 Å². The van der Waals surface area contributed by atoms with Crippen molar-refractivity contribution >= 4 is 40.6 Å². The lowest BCUT2D eigenvalue weighted by Gasteiger charge is -2.10. The topological polar surface area (TPSA) is 59.0 Å². The average Bonchev–Trinajstić information content (AvgIpc) is 3.07. The summed E-state index contributed by atoms with van der Waals surface area (Å²) in [5.41, 5.74) is 2.00. The van der Waals surface area contributed by atoms with Gasteiger partial charge in [-0.25, -0.2) is 9.48 Å². The van der Waals surface area contributed by atoms with Crippen molar-refractivity contribution in [3.8, 4) is 5.69 Å². The van der Waals surface area contributed by atoms with Crippen molar-refractivity contribution in [1.82, 2.24) is 9.78 Å². The SMILES string of the molecule is O=C(Nc1ccc(-n2cccn2)cc1)Nc1cccc(Cl)c1Cl. The van der Waals surface area contributed by atoms with Crippen molar-refractivity contribution in [1.29, 1.82) is 0 Å². The Bertz CT molecular complexity index is 817. The molecule has 23 heavy (non-hydrogen) atoms. The molecule has 2 amide bonds. The largest absolute Gasteiger partial charge is 0.323 e. The first kappa shape index (κ1) is 15.4. The number of nitrogens with one attached hydrogen (secondary N) is 2. The Kier molecular flexibility index (Phi) is 4.50. The summed E-state index contributed by atoms with van der Waals surface area (Å²) in [6, 6.07) is 13.8. The van der Waals surface area contributed by atoms with Crippen LogP contribution in [0.5, 0.6) is 0 Å². The van der Waals surface area contributed by atoms with Crippen LogP contribution in [-0.2, 0) is 0 Å². The normalized spacial score (nSPS) is 10.3. The fourth-order valence-electron chi connectivity index (χ4n) is 2.00. The number of carbonyl (C=O) groups is 1. The fraction of sp³-hybridized carbons (Fsp3) is 0. The van der Waals surface area contributed by atoms with Gasteiger partial charge >= 0.3 is 6.03 Å². The molecule has 0 aliphatic rings. The van der Waals surface area contributed by atoms with Crippen molar-refractivity contribution in [3.05, 3.63) is 71.0 Å².